The Balaban J connectivity index is 3.02. The van der Waals surface area contributed by atoms with Crippen LogP contribution in [-0.4, -0.2) is 23.4 Å². The Morgan fingerprint density at radius 2 is 2.31 bits per heavy atom. The highest BCUT2D eigenvalue weighted by Gasteiger charge is 2.17. The number of nitriles is 1. The fraction of sp³-hybridized carbons (Fsp3) is 0.300. The molecule has 0 aliphatic carbocycles. The van der Waals surface area contributed by atoms with E-state index in [9.17, 15) is 10.1 Å². The van der Waals surface area contributed by atoms with Crippen LogP contribution >= 0.6 is 11.6 Å². The molecule has 0 radical (unpaired) electrons. The van der Waals surface area contributed by atoms with Gasteiger partial charge >= 0.3 is 0 Å². The van der Waals surface area contributed by atoms with Gasteiger partial charge in [0.05, 0.1) is 28.1 Å². The lowest BCUT2D eigenvalue weighted by atomic mass is 10.1. The summed E-state index contributed by atoms with van der Waals surface area (Å²) in [6.45, 7) is 0.478. The Morgan fingerprint density at radius 1 is 1.62 bits per heavy atom. The molecule has 0 unspecified atom stereocenters. The second-order valence-electron chi connectivity index (χ2n) is 3.33. The third kappa shape index (κ3) is 2.92. The largest absolute Gasteiger partial charge is 0.289 e. The lowest BCUT2D eigenvalue weighted by Crippen LogP contribution is -2.18. The normalized spacial score (nSPS) is 10.1. The quantitative estimate of drug-likeness (QED) is 0.459. The van der Waals surface area contributed by atoms with Crippen LogP contribution in [0.15, 0.2) is 18.2 Å². The molecule has 1 aromatic carbocycles. The van der Waals surface area contributed by atoms with E-state index < -0.39 is 4.92 Å². The lowest BCUT2D eigenvalue weighted by Gasteiger charge is -2.13. The average Bonchev–Trinajstić information content (AvgIpc) is 2.21. The standard InChI is InChI=1S/C10H10ClN3O2/c1-13(6-5-12)7-8-9(11)3-2-4-10(8)14(15)16/h2-4H,6-7H2,1H3. The highest BCUT2D eigenvalue weighted by Crippen LogP contribution is 2.27. The van der Waals surface area contributed by atoms with Crippen LogP contribution in [0.3, 0.4) is 0 Å². The van der Waals surface area contributed by atoms with E-state index in [1.165, 1.54) is 12.1 Å². The molecule has 0 saturated heterocycles. The first-order valence-electron chi connectivity index (χ1n) is 4.53. The van der Waals surface area contributed by atoms with Crippen molar-refractivity contribution in [2.45, 2.75) is 6.54 Å². The molecule has 84 valence electrons. The number of nitro groups is 1. The maximum absolute atomic E-state index is 10.8. The van der Waals surface area contributed by atoms with Crippen molar-refractivity contribution in [2.75, 3.05) is 13.6 Å². The monoisotopic (exact) mass is 239 g/mol. The summed E-state index contributed by atoms with van der Waals surface area (Å²) < 4.78 is 0. The first-order valence-corrected chi connectivity index (χ1v) is 4.91. The molecule has 0 aliphatic heterocycles. The molecule has 0 aliphatic rings. The van der Waals surface area contributed by atoms with Gasteiger partial charge < -0.3 is 0 Å². The fourth-order valence-electron chi connectivity index (χ4n) is 1.32. The highest BCUT2D eigenvalue weighted by molar-refractivity contribution is 6.31. The zero-order chi connectivity index (χ0) is 12.1. The number of nitro benzene ring substituents is 1. The Hall–Kier alpha value is -1.64. The van der Waals surface area contributed by atoms with Crippen LogP contribution in [0.2, 0.25) is 5.02 Å². The molecular formula is C10H10ClN3O2. The van der Waals surface area contributed by atoms with E-state index in [1.807, 2.05) is 6.07 Å². The van der Waals surface area contributed by atoms with Gasteiger partial charge in [0.15, 0.2) is 0 Å². The molecule has 5 nitrogen and oxygen atoms in total. The van der Waals surface area contributed by atoms with Crippen molar-refractivity contribution >= 4 is 17.3 Å². The number of rotatable bonds is 4. The van der Waals surface area contributed by atoms with Crippen LogP contribution in [-0.2, 0) is 6.54 Å². The van der Waals surface area contributed by atoms with Gasteiger partial charge in [-0.15, -0.1) is 0 Å². The van der Waals surface area contributed by atoms with Crippen molar-refractivity contribution in [1.29, 1.82) is 5.26 Å². The number of nitrogens with zero attached hydrogens (tertiary/aromatic N) is 3. The number of hydrogen-bond acceptors (Lipinski definition) is 4. The zero-order valence-electron chi connectivity index (χ0n) is 8.68. The van der Waals surface area contributed by atoms with Crippen molar-refractivity contribution in [3.8, 4) is 6.07 Å². The van der Waals surface area contributed by atoms with Gasteiger partial charge in [-0.3, -0.25) is 15.0 Å². The van der Waals surface area contributed by atoms with Crippen molar-refractivity contribution in [1.82, 2.24) is 4.90 Å². The maximum Gasteiger partial charge on any atom is 0.275 e. The predicted octanol–water partition coefficient (Wildman–Crippen LogP) is 2.20. The van der Waals surface area contributed by atoms with Gasteiger partial charge in [-0.2, -0.15) is 5.26 Å². The summed E-state index contributed by atoms with van der Waals surface area (Å²) in [7, 11) is 1.70. The molecule has 0 saturated carbocycles. The minimum Gasteiger partial charge on any atom is -0.289 e. The summed E-state index contributed by atoms with van der Waals surface area (Å²) in [6.07, 6.45) is 0. The predicted molar refractivity (Wildman–Crippen MR) is 60.1 cm³/mol. The summed E-state index contributed by atoms with van der Waals surface area (Å²) in [5, 5.41) is 19.6. The first-order chi connectivity index (χ1) is 7.56. The SMILES string of the molecule is CN(CC#N)Cc1c(Cl)cccc1[N+](=O)[O-]. The van der Waals surface area contributed by atoms with E-state index in [2.05, 4.69) is 0 Å². The van der Waals surface area contributed by atoms with Crippen molar-refractivity contribution in [3.05, 3.63) is 38.9 Å². The Bertz CT molecular complexity index is 442. The van der Waals surface area contributed by atoms with Crippen LogP contribution in [0, 0.1) is 21.4 Å². The van der Waals surface area contributed by atoms with Crippen LogP contribution in [0.1, 0.15) is 5.56 Å². The molecule has 1 aromatic rings. The average molecular weight is 240 g/mol. The van der Waals surface area contributed by atoms with Crippen LogP contribution in [0.25, 0.3) is 0 Å². The highest BCUT2D eigenvalue weighted by atomic mass is 35.5. The molecular weight excluding hydrogens is 230 g/mol. The second-order valence-corrected chi connectivity index (χ2v) is 3.73. The second kappa shape index (κ2) is 5.45. The van der Waals surface area contributed by atoms with E-state index in [1.54, 1.807) is 18.0 Å². The molecule has 0 N–H and O–H groups in total. The van der Waals surface area contributed by atoms with E-state index in [-0.39, 0.29) is 18.8 Å². The first kappa shape index (κ1) is 12.4. The van der Waals surface area contributed by atoms with Crippen LogP contribution in [0.5, 0.6) is 0 Å². The van der Waals surface area contributed by atoms with Crippen molar-refractivity contribution in [3.63, 3.8) is 0 Å². The summed E-state index contributed by atoms with van der Waals surface area (Å²) in [5.74, 6) is 0. The van der Waals surface area contributed by atoms with Crippen molar-refractivity contribution in [2.24, 2.45) is 0 Å². The van der Waals surface area contributed by atoms with E-state index >= 15 is 0 Å². The summed E-state index contributed by atoms with van der Waals surface area (Å²) in [6, 6.07) is 6.51. The third-order valence-corrected chi connectivity index (χ3v) is 2.41. The van der Waals surface area contributed by atoms with Crippen molar-refractivity contribution < 1.29 is 4.92 Å². The molecule has 0 spiro atoms. The van der Waals surface area contributed by atoms with Gasteiger partial charge in [0.25, 0.3) is 5.69 Å². The minimum atomic E-state index is -0.471. The molecule has 16 heavy (non-hydrogen) atoms. The molecule has 0 aromatic heterocycles. The van der Waals surface area contributed by atoms with E-state index in [0.717, 1.165) is 0 Å². The van der Waals surface area contributed by atoms with Gasteiger partial charge in [-0.25, -0.2) is 0 Å². The molecule has 0 heterocycles. The third-order valence-electron chi connectivity index (χ3n) is 2.06. The number of halogens is 1. The molecule has 0 bridgehead atoms. The molecule has 0 fully saturated rings. The Kier molecular flexibility index (Phi) is 4.23. The zero-order valence-corrected chi connectivity index (χ0v) is 9.44. The van der Waals surface area contributed by atoms with Gasteiger partial charge in [0, 0.05) is 12.6 Å². The van der Waals surface area contributed by atoms with Crippen LogP contribution in [0.4, 0.5) is 5.69 Å². The van der Waals surface area contributed by atoms with Gasteiger partial charge in [0.2, 0.25) is 0 Å². The number of benzene rings is 1. The van der Waals surface area contributed by atoms with Crippen LogP contribution < -0.4 is 0 Å². The smallest absolute Gasteiger partial charge is 0.275 e. The molecule has 0 amide bonds. The fourth-order valence-corrected chi connectivity index (χ4v) is 1.55. The van der Waals surface area contributed by atoms with E-state index in [4.69, 9.17) is 16.9 Å². The maximum atomic E-state index is 10.8. The Labute approximate surface area is 98.0 Å². The molecule has 1 rings (SSSR count). The molecule has 0 atom stereocenters. The summed E-state index contributed by atoms with van der Waals surface area (Å²) >= 11 is 5.90. The topological polar surface area (TPSA) is 70.2 Å². The van der Waals surface area contributed by atoms with Gasteiger partial charge in [0.1, 0.15) is 0 Å². The van der Waals surface area contributed by atoms with Gasteiger partial charge in [-0.1, -0.05) is 17.7 Å². The number of hydrogen-bond donors (Lipinski definition) is 0. The minimum absolute atomic E-state index is 0.0164. The van der Waals surface area contributed by atoms with Gasteiger partial charge in [-0.05, 0) is 13.1 Å². The molecule has 6 heteroatoms. The van der Waals surface area contributed by atoms with E-state index in [0.29, 0.717) is 10.6 Å². The summed E-state index contributed by atoms with van der Waals surface area (Å²) in [4.78, 5) is 12.0. The summed E-state index contributed by atoms with van der Waals surface area (Å²) in [5.41, 5.74) is 0.421. The lowest BCUT2D eigenvalue weighted by molar-refractivity contribution is -0.385. The Morgan fingerprint density at radius 3 is 2.88 bits per heavy atom.